The smallest absolute Gasteiger partial charge is 0.118 e. The van der Waals surface area contributed by atoms with Crippen LogP contribution in [0.2, 0.25) is 0 Å². The first kappa shape index (κ1) is 16.0. The van der Waals surface area contributed by atoms with E-state index in [0.717, 1.165) is 31.4 Å². The number of aryl methyl sites for hydroxylation is 1. The molecule has 0 heterocycles. The standard InChI is InChI=1S/C15H26N2O2/c1-4-5-15(19-3)14(17-16)11-8-12-6-9-13(18-2)10-7-12/h6-7,9-10,14-15,17H,4-5,8,11,16H2,1-3H3. The van der Waals surface area contributed by atoms with Crippen molar-refractivity contribution in [3.8, 4) is 5.75 Å². The van der Waals surface area contributed by atoms with E-state index in [9.17, 15) is 0 Å². The Kier molecular flexibility index (Phi) is 7.48. The van der Waals surface area contributed by atoms with Crippen molar-refractivity contribution in [1.82, 2.24) is 5.43 Å². The highest BCUT2D eigenvalue weighted by Crippen LogP contribution is 2.15. The van der Waals surface area contributed by atoms with Crippen molar-refractivity contribution in [2.45, 2.75) is 44.8 Å². The van der Waals surface area contributed by atoms with Gasteiger partial charge < -0.3 is 9.47 Å². The van der Waals surface area contributed by atoms with Gasteiger partial charge in [-0.15, -0.1) is 0 Å². The Morgan fingerprint density at radius 3 is 2.32 bits per heavy atom. The largest absolute Gasteiger partial charge is 0.497 e. The molecule has 0 aliphatic rings. The van der Waals surface area contributed by atoms with Crippen LogP contribution >= 0.6 is 0 Å². The van der Waals surface area contributed by atoms with E-state index in [1.54, 1.807) is 14.2 Å². The molecule has 0 saturated heterocycles. The molecule has 3 N–H and O–H groups in total. The summed E-state index contributed by atoms with van der Waals surface area (Å²) >= 11 is 0. The highest BCUT2D eigenvalue weighted by molar-refractivity contribution is 5.27. The lowest BCUT2D eigenvalue weighted by Gasteiger charge is -2.25. The number of methoxy groups -OCH3 is 2. The van der Waals surface area contributed by atoms with Crippen molar-refractivity contribution in [2.24, 2.45) is 5.84 Å². The number of ether oxygens (including phenoxy) is 2. The van der Waals surface area contributed by atoms with Gasteiger partial charge in [0.05, 0.1) is 13.2 Å². The zero-order valence-corrected chi connectivity index (χ0v) is 12.2. The molecule has 0 spiro atoms. The molecule has 0 radical (unpaired) electrons. The maximum Gasteiger partial charge on any atom is 0.118 e. The highest BCUT2D eigenvalue weighted by Gasteiger charge is 2.18. The summed E-state index contributed by atoms with van der Waals surface area (Å²) < 4.78 is 10.7. The number of hydrogen-bond donors (Lipinski definition) is 2. The Hall–Kier alpha value is -1.10. The molecular weight excluding hydrogens is 240 g/mol. The van der Waals surface area contributed by atoms with Crippen molar-refractivity contribution in [2.75, 3.05) is 14.2 Å². The highest BCUT2D eigenvalue weighted by atomic mass is 16.5. The Bertz CT molecular complexity index is 341. The molecule has 4 heteroatoms. The third-order valence-electron chi connectivity index (χ3n) is 3.44. The molecule has 108 valence electrons. The Balaban J connectivity index is 2.51. The first-order chi connectivity index (χ1) is 9.24. The van der Waals surface area contributed by atoms with Crippen molar-refractivity contribution < 1.29 is 9.47 Å². The second-order valence-electron chi connectivity index (χ2n) is 4.72. The summed E-state index contributed by atoms with van der Waals surface area (Å²) in [5.41, 5.74) is 4.17. The molecule has 0 aliphatic carbocycles. The van der Waals surface area contributed by atoms with Crippen LogP contribution in [0.15, 0.2) is 24.3 Å². The van der Waals surface area contributed by atoms with Gasteiger partial charge in [0.15, 0.2) is 0 Å². The van der Waals surface area contributed by atoms with E-state index in [4.69, 9.17) is 15.3 Å². The van der Waals surface area contributed by atoms with E-state index in [0.29, 0.717) is 0 Å². The number of nitrogens with two attached hydrogens (primary N) is 1. The summed E-state index contributed by atoms with van der Waals surface area (Å²) in [4.78, 5) is 0. The molecule has 1 aromatic rings. The lowest BCUT2D eigenvalue weighted by molar-refractivity contribution is 0.0582. The number of benzene rings is 1. The number of rotatable bonds is 9. The number of hydrazine groups is 1. The maximum absolute atomic E-state index is 5.64. The topological polar surface area (TPSA) is 56.5 Å². The summed E-state index contributed by atoms with van der Waals surface area (Å²) in [6.45, 7) is 2.16. The van der Waals surface area contributed by atoms with E-state index in [2.05, 4.69) is 24.5 Å². The Labute approximate surface area is 116 Å². The average molecular weight is 266 g/mol. The molecule has 1 aromatic carbocycles. The van der Waals surface area contributed by atoms with Crippen LogP contribution in [0, 0.1) is 0 Å². The fraction of sp³-hybridized carbons (Fsp3) is 0.600. The molecule has 0 amide bonds. The van der Waals surface area contributed by atoms with Crippen molar-refractivity contribution >= 4 is 0 Å². The predicted molar refractivity (Wildman–Crippen MR) is 78.1 cm³/mol. The van der Waals surface area contributed by atoms with Crippen molar-refractivity contribution in [3.05, 3.63) is 29.8 Å². The minimum Gasteiger partial charge on any atom is -0.497 e. The summed E-state index contributed by atoms with van der Waals surface area (Å²) in [6, 6.07) is 8.34. The van der Waals surface area contributed by atoms with Crippen LogP contribution in [0.5, 0.6) is 5.75 Å². The Morgan fingerprint density at radius 2 is 1.84 bits per heavy atom. The van der Waals surface area contributed by atoms with Gasteiger partial charge in [-0.2, -0.15) is 0 Å². The predicted octanol–water partition coefficient (Wildman–Crippen LogP) is 2.27. The SMILES string of the molecule is CCCC(OC)C(CCc1ccc(OC)cc1)NN. The van der Waals surface area contributed by atoms with Gasteiger partial charge in [0.2, 0.25) is 0 Å². The van der Waals surface area contributed by atoms with Gasteiger partial charge in [-0.25, -0.2) is 0 Å². The van der Waals surface area contributed by atoms with E-state index in [-0.39, 0.29) is 12.1 Å². The first-order valence-corrected chi connectivity index (χ1v) is 6.87. The van der Waals surface area contributed by atoms with E-state index in [1.165, 1.54) is 5.56 Å². The zero-order chi connectivity index (χ0) is 14.1. The fourth-order valence-corrected chi connectivity index (χ4v) is 2.26. The quantitative estimate of drug-likeness (QED) is 0.532. The van der Waals surface area contributed by atoms with Gasteiger partial charge in [0.1, 0.15) is 5.75 Å². The molecule has 0 fully saturated rings. The lowest BCUT2D eigenvalue weighted by atomic mass is 9.99. The molecule has 0 aromatic heterocycles. The van der Waals surface area contributed by atoms with Gasteiger partial charge >= 0.3 is 0 Å². The van der Waals surface area contributed by atoms with Crippen LogP contribution in [0.3, 0.4) is 0 Å². The van der Waals surface area contributed by atoms with Gasteiger partial charge in [-0.1, -0.05) is 25.5 Å². The van der Waals surface area contributed by atoms with Crippen LogP contribution in [-0.4, -0.2) is 26.4 Å². The van der Waals surface area contributed by atoms with E-state index in [1.807, 2.05) is 12.1 Å². The van der Waals surface area contributed by atoms with Crippen molar-refractivity contribution in [3.63, 3.8) is 0 Å². The average Bonchev–Trinajstić information content (AvgIpc) is 2.47. The lowest BCUT2D eigenvalue weighted by Crippen LogP contribution is -2.45. The van der Waals surface area contributed by atoms with Crippen LogP contribution in [0.25, 0.3) is 0 Å². The second kappa shape index (κ2) is 8.91. The van der Waals surface area contributed by atoms with Gasteiger partial charge in [0, 0.05) is 13.2 Å². The number of hydrogen-bond acceptors (Lipinski definition) is 4. The second-order valence-corrected chi connectivity index (χ2v) is 4.72. The molecule has 0 bridgehead atoms. The fourth-order valence-electron chi connectivity index (χ4n) is 2.26. The third-order valence-corrected chi connectivity index (χ3v) is 3.44. The molecule has 1 rings (SSSR count). The summed E-state index contributed by atoms with van der Waals surface area (Å²) in [6.07, 6.45) is 4.23. The van der Waals surface area contributed by atoms with Crippen LogP contribution in [0.4, 0.5) is 0 Å². The molecule has 4 nitrogen and oxygen atoms in total. The maximum atomic E-state index is 5.64. The normalized spacial score (nSPS) is 14.1. The van der Waals surface area contributed by atoms with Crippen LogP contribution in [-0.2, 0) is 11.2 Å². The molecule has 0 aliphatic heterocycles. The van der Waals surface area contributed by atoms with E-state index >= 15 is 0 Å². The minimum atomic E-state index is 0.174. The summed E-state index contributed by atoms with van der Waals surface area (Å²) in [5.74, 6) is 6.53. The van der Waals surface area contributed by atoms with Gasteiger partial charge in [-0.3, -0.25) is 11.3 Å². The third kappa shape index (κ3) is 5.19. The first-order valence-electron chi connectivity index (χ1n) is 6.87. The molecule has 2 atom stereocenters. The van der Waals surface area contributed by atoms with Crippen molar-refractivity contribution in [1.29, 1.82) is 0 Å². The summed E-state index contributed by atoms with van der Waals surface area (Å²) in [5, 5.41) is 0. The van der Waals surface area contributed by atoms with Crippen LogP contribution < -0.4 is 16.0 Å². The summed E-state index contributed by atoms with van der Waals surface area (Å²) in [7, 11) is 3.43. The molecular formula is C15H26N2O2. The molecule has 0 saturated carbocycles. The molecule has 19 heavy (non-hydrogen) atoms. The zero-order valence-electron chi connectivity index (χ0n) is 12.2. The minimum absolute atomic E-state index is 0.174. The van der Waals surface area contributed by atoms with E-state index < -0.39 is 0 Å². The van der Waals surface area contributed by atoms with Gasteiger partial charge in [-0.05, 0) is 37.0 Å². The van der Waals surface area contributed by atoms with Crippen LogP contribution in [0.1, 0.15) is 31.7 Å². The van der Waals surface area contributed by atoms with Gasteiger partial charge in [0.25, 0.3) is 0 Å². The monoisotopic (exact) mass is 266 g/mol. The Morgan fingerprint density at radius 1 is 1.16 bits per heavy atom. The number of nitrogens with one attached hydrogen (secondary N) is 1. The molecule has 2 unspecified atom stereocenters.